The molecule has 1 nitrogen and oxygen atoms in total. The van der Waals surface area contributed by atoms with Gasteiger partial charge in [0.2, 0.25) is 0 Å². The van der Waals surface area contributed by atoms with Gasteiger partial charge in [0.05, 0.1) is 12.0 Å². The largest absolute Gasteiger partial charge is 0.494 e. The van der Waals surface area contributed by atoms with Crippen LogP contribution in [0.25, 0.3) is 0 Å². The van der Waals surface area contributed by atoms with E-state index in [1.807, 2.05) is 31.2 Å². The molecular weight excluding hydrogens is 450 g/mol. The van der Waals surface area contributed by atoms with Crippen LogP contribution in [0.2, 0.25) is 0 Å². The number of aryl methyl sites for hydroxylation is 1. The van der Waals surface area contributed by atoms with Crippen LogP contribution < -0.4 is 4.74 Å². The summed E-state index contributed by atoms with van der Waals surface area (Å²) in [5.74, 6) is 0.853. The first-order valence-corrected chi connectivity index (χ1v) is 8.66. The summed E-state index contributed by atoms with van der Waals surface area (Å²) in [6.45, 7) is 4.73. The zero-order valence-electron chi connectivity index (χ0n) is 11.3. The van der Waals surface area contributed by atoms with E-state index in [1.54, 1.807) is 0 Å². The smallest absolute Gasteiger partial charge is 0.120 e. The average molecular weight is 466 g/mol. The number of hydrogen-bond acceptors (Lipinski definition) is 1. The van der Waals surface area contributed by atoms with Crippen LogP contribution in [0.4, 0.5) is 0 Å². The molecule has 4 heteroatoms. The maximum Gasteiger partial charge on any atom is 0.120 e. The summed E-state index contributed by atoms with van der Waals surface area (Å²) in [6, 6.07) is 12.2. The first kappa shape index (κ1) is 16.1. The second-order valence-corrected chi connectivity index (χ2v) is 6.83. The van der Waals surface area contributed by atoms with Gasteiger partial charge in [-0.3, -0.25) is 0 Å². The van der Waals surface area contributed by atoms with Crippen molar-refractivity contribution in [3.63, 3.8) is 0 Å². The van der Waals surface area contributed by atoms with E-state index < -0.39 is 0 Å². The standard InChI is InChI=1S/C16H15BrClIO/c1-3-20-11-7-8-12(14(17)9-11)15(18)13-6-4-5-10(2)16(13)19/h4-9,15H,3H2,1-2H3. The zero-order chi connectivity index (χ0) is 14.7. The third kappa shape index (κ3) is 3.49. The fraction of sp³-hybridized carbons (Fsp3) is 0.250. The topological polar surface area (TPSA) is 9.23 Å². The molecule has 0 aromatic heterocycles. The summed E-state index contributed by atoms with van der Waals surface area (Å²) in [7, 11) is 0. The van der Waals surface area contributed by atoms with E-state index in [9.17, 15) is 0 Å². The third-order valence-corrected chi connectivity index (χ3v) is 5.68. The van der Waals surface area contributed by atoms with E-state index in [1.165, 1.54) is 9.13 Å². The van der Waals surface area contributed by atoms with Gasteiger partial charge in [-0.2, -0.15) is 0 Å². The van der Waals surface area contributed by atoms with Gasteiger partial charge in [-0.1, -0.05) is 40.2 Å². The molecule has 1 unspecified atom stereocenters. The van der Waals surface area contributed by atoms with Gasteiger partial charge in [-0.15, -0.1) is 11.6 Å². The molecule has 0 aliphatic rings. The van der Waals surface area contributed by atoms with Crippen LogP contribution in [0, 0.1) is 10.5 Å². The summed E-state index contributed by atoms with van der Waals surface area (Å²) in [4.78, 5) is 0. The Morgan fingerprint density at radius 1 is 1.25 bits per heavy atom. The predicted octanol–water partition coefficient (Wildman–Crippen LogP) is 6.09. The molecule has 106 valence electrons. The van der Waals surface area contributed by atoms with Gasteiger partial charge >= 0.3 is 0 Å². The van der Waals surface area contributed by atoms with Crippen molar-refractivity contribution in [1.82, 2.24) is 0 Å². The minimum absolute atomic E-state index is 0.174. The number of ether oxygens (including phenoxy) is 1. The Kier molecular flexibility index (Phi) is 5.75. The number of halogens is 3. The first-order valence-electron chi connectivity index (χ1n) is 6.36. The highest BCUT2D eigenvalue weighted by molar-refractivity contribution is 14.1. The van der Waals surface area contributed by atoms with E-state index in [-0.39, 0.29) is 5.38 Å². The molecule has 1 atom stereocenters. The highest BCUT2D eigenvalue weighted by Crippen LogP contribution is 2.38. The van der Waals surface area contributed by atoms with Crippen LogP contribution in [-0.4, -0.2) is 6.61 Å². The van der Waals surface area contributed by atoms with Gasteiger partial charge in [-0.25, -0.2) is 0 Å². The van der Waals surface area contributed by atoms with Gasteiger partial charge < -0.3 is 4.74 Å². The Balaban J connectivity index is 2.38. The molecule has 2 rings (SSSR count). The van der Waals surface area contributed by atoms with Crippen molar-refractivity contribution in [1.29, 1.82) is 0 Å². The molecule has 2 aromatic rings. The molecule has 2 aromatic carbocycles. The zero-order valence-corrected chi connectivity index (χ0v) is 15.8. The summed E-state index contributed by atoms with van der Waals surface area (Å²) in [6.07, 6.45) is 0. The van der Waals surface area contributed by atoms with Crippen LogP contribution in [-0.2, 0) is 0 Å². The Morgan fingerprint density at radius 2 is 2.00 bits per heavy atom. The molecule has 0 fully saturated rings. The molecule has 0 aliphatic carbocycles. The fourth-order valence-electron chi connectivity index (χ4n) is 2.00. The van der Waals surface area contributed by atoms with Crippen LogP contribution in [0.5, 0.6) is 5.75 Å². The molecule has 20 heavy (non-hydrogen) atoms. The molecular formula is C16H15BrClIO. The SMILES string of the molecule is CCOc1ccc(C(Cl)c2cccc(C)c2I)c(Br)c1. The van der Waals surface area contributed by atoms with Crippen LogP contribution in [0.1, 0.15) is 29.0 Å². The van der Waals surface area contributed by atoms with E-state index in [0.717, 1.165) is 21.3 Å². The summed E-state index contributed by atoms with van der Waals surface area (Å²) in [5.41, 5.74) is 3.44. The molecule has 0 amide bonds. The van der Waals surface area contributed by atoms with Gasteiger partial charge in [0.15, 0.2) is 0 Å². The van der Waals surface area contributed by atoms with Gasteiger partial charge in [0.25, 0.3) is 0 Å². The lowest BCUT2D eigenvalue weighted by atomic mass is 10.0. The van der Waals surface area contributed by atoms with Gasteiger partial charge in [-0.05, 0) is 65.3 Å². The lowest BCUT2D eigenvalue weighted by Gasteiger charge is -2.16. The maximum atomic E-state index is 6.67. The Morgan fingerprint density at radius 3 is 2.65 bits per heavy atom. The molecule has 0 heterocycles. The minimum atomic E-state index is -0.174. The van der Waals surface area contributed by atoms with Crippen LogP contribution >= 0.6 is 50.1 Å². The van der Waals surface area contributed by atoms with Crippen molar-refractivity contribution in [2.24, 2.45) is 0 Å². The Bertz CT molecular complexity index is 615. The molecule has 0 saturated heterocycles. The van der Waals surface area contributed by atoms with Crippen molar-refractivity contribution in [3.8, 4) is 5.75 Å². The predicted molar refractivity (Wildman–Crippen MR) is 96.9 cm³/mol. The molecule has 0 aliphatic heterocycles. The highest BCUT2D eigenvalue weighted by Gasteiger charge is 2.17. The molecule has 0 N–H and O–H groups in total. The number of hydrogen-bond donors (Lipinski definition) is 0. The Hall–Kier alpha value is -0.260. The second kappa shape index (κ2) is 7.14. The van der Waals surface area contributed by atoms with Crippen LogP contribution in [0.3, 0.4) is 0 Å². The average Bonchev–Trinajstić information content (AvgIpc) is 2.42. The molecule has 0 saturated carbocycles. The maximum absolute atomic E-state index is 6.67. The lowest BCUT2D eigenvalue weighted by molar-refractivity contribution is 0.340. The normalized spacial score (nSPS) is 12.2. The molecule has 0 radical (unpaired) electrons. The molecule has 0 spiro atoms. The number of benzene rings is 2. The fourth-order valence-corrected chi connectivity index (χ4v) is 3.95. The van der Waals surface area contributed by atoms with Crippen molar-refractivity contribution in [3.05, 3.63) is 61.1 Å². The number of rotatable bonds is 4. The lowest BCUT2D eigenvalue weighted by Crippen LogP contribution is -2.00. The van der Waals surface area contributed by atoms with Crippen molar-refractivity contribution < 1.29 is 4.74 Å². The van der Waals surface area contributed by atoms with E-state index in [2.05, 4.69) is 57.6 Å². The second-order valence-electron chi connectivity index (χ2n) is 4.46. The van der Waals surface area contributed by atoms with Crippen molar-refractivity contribution in [2.75, 3.05) is 6.61 Å². The van der Waals surface area contributed by atoms with Crippen molar-refractivity contribution in [2.45, 2.75) is 19.2 Å². The van der Waals surface area contributed by atoms with E-state index >= 15 is 0 Å². The number of alkyl halides is 1. The van der Waals surface area contributed by atoms with Crippen LogP contribution in [0.15, 0.2) is 40.9 Å². The Labute approximate surface area is 146 Å². The van der Waals surface area contributed by atoms with E-state index in [0.29, 0.717) is 6.61 Å². The molecule has 0 bridgehead atoms. The first-order chi connectivity index (χ1) is 9.54. The third-order valence-electron chi connectivity index (χ3n) is 3.05. The quantitative estimate of drug-likeness (QED) is 0.392. The van der Waals surface area contributed by atoms with E-state index in [4.69, 9.17) is 16.3 Å². The summed E-state index contributed by atoms with van der Waals surface area (Å²) >= 11 is 12.6. The van der Waals surface area contributed by atoms with Gasteiger partial charge in [0, 0.05) is 8.04 Å². The monoisotopic (exact) mass is 464 g/mol. The van der Waals surface area contributed by atoms with Gasteiger partial charge in [0.1, 0.15) is 5.75 Å². The van der Waals surface area contributed by atoms with Crippen molar-refractivity contribution >= 4 is 50.1 Å². The summed E-state index contributed by atoms with van der Waals surface area (Å²) < 4.78 is 7.68. The highest BCUT2D eigenvalue weighted by atomic mass is 127. The summed E-state index contributed by atoms with van der Waals surface area (Å²) in [5, 5.41) is -0.174. The minimum Gasteiger partial charge on any atom is -0.494 e.